The summed E-state index contributed by atoms with van der Waals surface area (Å²) < 4.78 is 47.6. The zero-order chi connectivity index (χ0) is 25.0. The van der Waals surface area contributed by atoms with Crippen molar-refractivity contribution in [3.8, 4) is 5.75 Å². The molecule has 0 spiro atoms. The molecule has 1 aliphatic heterocycles. The number of carbonyl (C=O) groups excluding carboxylic acids is 1. The molecule has 0 aromatic heterocycles. The normalized spacial score (nSPS) is 14.5. The monoisotopic (exact) mass is 497 g/mol. The van der Waals surface area contributed by atoms with Gasteiger partial charge < -0.3 is 15.0 Å². The Bertz CT molecular complexity index is 1290. The summed E-state index contributed by atoms with van der Waals surface area (Å²) in [5, 5.41) is 2.64. The number of sulfonamides is 1. The van der Waals surface area contributed by atoms with Crippen LogP contribution in [0.3, 0.4) is 0 Å². The molecule has 3 aromatic carbocycles. The van der Waals surface area contributed by atoms with E-state index in [1.54, 1.807) is 19.2 Å². The van der Waals surface area contributed by atoms with Crippen LogP contribution in [-0.2, 0) is 16.4 Å². The van der Waals surface area contributed by atoms with E-state index >= 15 is 0 Å². The van der Waals surface area contributed by atoms with Crippen molar-refractivity contribution >= 4 is 27.3 Å². The first-order valence-electron chi connectivity index (χ1n) is 11.4. The number of nitrogens with one attached hydrogen (secondary N) is 1. The molecule has 3 aromatic rings. The van der Waals surface area contributed by atoms with Crippen molar-refractivity contribution in [3.63, 3.8) is 0 Å². The summed E-state index contributed by atoms with van der Waals surface area (Å²) in [7, 11) is -2.29. The Kier molecular flexibility index (Phi) is 7.37. The minimum Gasteiger partial charge on any atom is -0.497 e. The number of rotatable bonds is 7. The average Bonchev–Trinajstić information content (AvgIpc) is 2.89. The maximum Gasteiger partial charge on any atom is 0.258 e. The zero-order valence-corrected chi connectivity index (χ0v) is 20.5. The van der Waals surface area contributed by atoms with E-state index < -0.39 is 21.7 Å². The molecule has 0 bridgehead atoms. The van der Waals surface area contributed by atoms with Crippen molar-refractivity contribution in [1.82, 2.24) is 4.31 Å². The van der Waals surface area contributed by atoms with Gasteiger partial charge in [0.25, 0.3) is 5.91 Å². The summed E-state index contributed by atoms with van der Waals surface area (Å²) in [6, 6.07) is 18.1. The number of benzene rings is 3. The van der Waals surface area contributed by atoms with Gasteiger partial charge in [-0.3, -0.25) is 4.79 Å². The van der Waals surface area contributed by atoms with Gasteiger partial charge in [0, 0.05) is 37.6 Å². The second kappa shape index (κ2) is 10.5. The Morgan fingerprint density at radius 2 is 1.63 bits per heavy atom. The summed E-state index contributed by atoms with van der Waals surface area (Å²) in [4.78, 5) is 14.7. The Morgan fingerprint density at radius 3 is 2.23 bits per heavy atom. The second-order valence-corrected chi connectivity index (χ2v) is 10.2. The lowest BCUT2D eigenvalue weighted by molar-refractivity contribution is 0.102. The van der Waals surface area contributed by atoms with Crippen molar-refractivity contribution in [2.45, 2.75) is 18.2 Å². The molecular formula is C26H28FN3O4S. The van der Waals surface area contributed by atoms with E-state index in [2.05, 4.69) is 10.2 Å². The number of nitrogens with zero attached hydrogens (tertiary/aromatic N) is 2. The number of halogens is 1. The van der Waals surface area contributed by atoms with Crippen molar-refractivity contribution in [3.05, 3.63) is 83.7 Å². The molecule has 1 saturated heterocycles. The van der Waals surface area contributed by atoms with E-state index in [0.29, 0.717) is 18.8 Å². The first-order chi connectivity index (χ1) is 16.8. The molecule has 0 aliphatic carbocycles. The molecule has 1 heterocycles. The predicted molar refractivity (Wildman–Crippen MR) is 134 cm³/mol. The highest BCUT2D eigenvalue weighted by atomic mass is 32.2. The van der Waals surface area contributed by atoms with E-state index in [9.17, 15) is 17.6 Å². The fourth-order valence-corrected chi connectivity index (χ4v) is 5.44. The van der Waals surface area contributed by atoms with Crippen molar-refractivity contribution < 1.29 is 22.3 Å². The van der Waals surface area contributed by atoms with Crippen molar-refractivity contribution in [1.29, 1.82) is 0 Å². The van der Waals surface area contributed by atoms with Crippen LogP contribution in [-0.4, -0.2) is 51.9 Å². The van der Waals surface area contributed by atoms with E-state index in [1.165, 1.54) is 10.4 Å². The average molecular weight is 498 g/mol. The van der Waals surface area contributed by atoms with E-state index in [1.807, 2.05) is 43.3 Å². The van der Waals surface area contributed by atoms with Crippen LogP contribution in [0.25, 0.3) is 0 Å². The van der Waals surface area contributed by atoms with Gasteiger partial charge in [-0.2, -0.15) is 4.31 Å². The largest absolute Gasteiger partial charge is 0.497 e. The molecule has 4 rings (SSSR count). The summed E-state index contributed by atoms with van der Waals surface area (Å²) >= 11 is 0. The number of aryl methyl sites for hydroxylation is 1. The number of ether oxygens (including phenoxy) is 1. The number of amides is 1. The minimum atomic E-state index is -3.89. The Balaban J connectivity index is 1.47. The molecule has 1 N–H and O–H groups in total. The lowest BCUT2D eigenvalue weighted by Crippen LogP contribution is -2.48. The third-order valence-electron chi connectivity index (χ3n) is 6.12. The minimum absolute atomic E-state index is 0.108. The summed E-state index contributed by atoms with van der Waals surface area (Å²) in [5.74, 6) is -0.729. The molecule has 1 amide bonds. The Morgan fingerprint density at radius 1 is 0.971 bits per heavy atom. The molecule has 9 heteroatoms. The van der Waals surface area contributed by atoms with Crippen LogP contribution in [0.2, 0.25) is 0 Å². The maximum atomic E-state index is 14.5. The number of piperazine rings is 1. The number of hydrogen-bond donors (Lipinski definition) is 1. The summed E-state index contributed by atoms with van der Waals surface area (Å²) in [5.41, 5.74) is 2.28. The maximum absolute atomic E-state index is 14.5. The van der Waals surface area contributed by atoms with Gasteiger partial charge in [0.1, 0.15) is 11.6 Å². The fourth-order valence-electron chi connectivity index (χ4n) is 3.99. The number of anilines is 2. The summed E-state index contributed by atoms with van der Waals surface area (Å²) in [6.07, 6.45) is 0.858. The zero-order valence-electron chi connectivity index (χ0n) is 19.7. The van der Waals surface area contributed by atoms with Gasteiger partial charge in [-0.05, 0) is 66.6 Å². The van der Waals surface area contributed by atoms with Crippen LogP contribution in [0, 0.1) is 5.82 Å². The van der Waals surface area contributed by atoms with Crippen LogP contribution < -0.4 is 15.0 Å². The molecule has 35 heavy (non-hydrogen) atoms. The van der Waals surface area contributed by atoms with Gasteiger partial charge in [0.05, 0.1) is 17.6 Å². The van der Waals surface area contributed by atoms with Gasteiger partial charge in [0.15, 0.2) is 0 Å². The molecule has 7 nitrogen and oxygen atoms in total. The van der Waals surface area contributed by atoms with Crippen LogP contribution in [0.15, 0.2) is 71.6 Å². The highest BCUT2D eigenvalue weighted by Crippen LogP contribution is 2.25. The highest BCUT2D eigenvalue weighted by Gasteiger charge is 2.30. The quantitative estimate of drug-likeness (QED) is 0.530. The van der Waals surface area contributed by atoms with Crippen molar-refractivity contribution in [2.75, 3.05) is 43.5 Å². The van der Waals surface area contributed by atoms with Gasteiger partial charge in [-0.15, -0.1) is 0 Å². The SMILES string of the molecule is CCc1ccc(NC(=O)c2cc(S(=O)(=O)N3CCN(c4ccc(OC)cc4)CC3)ccc2F)cc1. The lowest BCUT2D eigenvalue weighted by Gasteiger charge is -2.35. The van der Waals surface area contributed by atoms with Crippen LogP contribution >= 0.6 is 0 Å². The van der Waals surface area contributed by atoms with E-state index in [0.717, 1.165) is 35.6 Å². The van der Waals surface area contributed by atoms with E-state index in [4.69, 9.17) is 4.74 Å². The molecule has 0 unspecified atom stereocenters. The van der Waals surface area contributed by atoms with Crippen molar-refractivity contribution in [2.24, 2.45) is 0 Å². The van der Waals surface area contributed by atoms with Crippen LogP contribution in [0.1, 0.15) is 22.8 Å². The van der Waals surface area contributed by atoms with E-state index in [-0.39, 0.29) is 23.5 Å². The number of carbonyl (C=O) groups is 1. The molecule has 0 radical (unpaired) electrons. The molecule has 184 valence electrons. The lowest BCUT2D eigenvalue weighted by atomic mass is 10.1. The molecular weight excluding hydrogens is 469 g/mol. The van der Waals surface area contributed by atoms with Gasteiger partial charge in [-0.1, -0.05) is 19.1 Å². The van der Waals surface area contributed by atoms with Crippen LogP contribution in [0.5, 0.6) is 5.75 Å². The molecule has 1 aliphatic rings. The topological polar surface area (TPSA) is 79.0 Å². The smallest absolute Gasteiger partial charge is 0.258 e. The highest BCUT2D eigenvalue weighted by molar-refractivity contribution is 7.89. The van der Waals surface area contributed by atoms with Gasteiger partial charge in [0.2, 0.25) is 10.0 Å². The Labute approximate surface area is 205 Å². The summed E-state index contributed by atoms with van der Waals surface area (Å²) in [6.45, 7) is 3.59. The molecule has 0 atom stereocenters. The first-order valence-corrected chi connectivity index (χ1v) is 12.8. The number of methoxy groups -OCH3 is 1. The van der Waals surface area contributed by atoms with Gasteiger partial charge in [-0.25, -0.2) is 12.8 Å². The fraction of sp³-hybridized carbons (Fsp3) is 0.269. The predicted octanol–water partition coefficient (Wildman–Crippen LogP) is 4.16. The third kappa shape index (κ3) is 5.47. The number of hydrogen-bond acceptors (Lipinski definition) is 5. The second-order valence-electron chi connectivity index (χ2n) is 8.24. The molecule has 1 fully saturated rings. The molecule has 0 saturated carbocycles. The third-order valence-corrected chi connectivity index (χ3v) is 8.01. The Hall–Kier alpha value is -3.43. The van der Waals surface area contributed by atoms with Crippen LogP contribution in [0.4, 0.5) is 15.8 Å². The standard InChI is InChI=1S/C26H28FN3O4S/c1-3-19-4-6-20(7-5-19)28-26(31)24-18-23(12-13-25(24)27)35(32,33)30-16-14-29(15-17-30)21-8-10-22(34-2)11-9-21/h4-13,18H,3,14-17H2,1-2H3,(H,28,31). The first kappa shape index (κ1) is 24.7. The van der Waals surface area contributed by atoms with Gasteiger partial charge >= 0.3 is 0 Å².